The van der Waals surface area contributed by atoms with Gasteiger partial charge < -0.3 is 9.88 Å². The lowest BCUT2D eigenvalue weighted by Gasteiger charge is -2.12. The molecule has 1 amide bonds. The number of rotatable bonds is 7. The van der Waals surface area contributed by atoms with Crippen molar-refractivity contribution < 1.29 is 4.79 Å². The largest absolute Gasteiger partial charge is 0.323 e. The number of hydrogen-bond donors (Lipinski definition) is 1. The molecule has 1 N–H and O–H groups in total. The summed E-state index contributed by atoms with van der Waals surface area (Å²) in [5.74, 6) is 2.48. The SMILES string of the molecule is C#CCCC1(CCC(=O)Nc2cnccc2-n2ccnc2)N=N1. The summed E-state index contributed by atoms with van der Waals surface area (Å²) in [6, 6.07) is 1.82. The molecule has 116 valence electrons. The molecule has 7 heteroatoms. The zero-order valence-corrected chi connectivity index (χ0v) is 12.5. The average Bonchev–Trinajstić information content (AvgIpc) is 3.13. The molecule has 0 fully saturated rings. The molecule has 0 bridgehead atoms. The second-order valence-corrected chi connectivity index (χ2v) is 5.30. The van der Waals surface area contributed by atoms with E-state index < -0.39 is 5.66 Å². The van der Waals surface area contributed by atoms with Crippen LogP contribution in [0.3, 0.4) is 0 Å². The van der Waals surface area contributed by atoms with Crippen LogP contribution in [0.2, 0.25) is 0 Å². The fourth-order valence-corrected chi connectivity index (χ4v) is 2.30. The first-order valence-electron chi connectivity index (χ1n) is 7.32. The third-order valence-electron chi connectivity index (χ3n) is 3.66. The van der Waals surface area contributed by atoms with Crippen molar-refractivity contribution in [2.45, 2.75) is 31.3 Å². The number of nitrogens with zero attached hydrogens (tertiary/aromatic N) is 5. The highest BCUT2D eigenvalue weighted by Gasteiger charge is 2.39. The Kier molecular flexibility index (Phi) is 4.15. The highest BCUT2D eigenvalue weighted by molar-refractivity contribution is 5.92. The topological polar surface area (TPSA) is 84.5 Å². The molecule has 23 heavy (non-hydrogen) atoms. The Balaban J connectivity index is 1.60. The van der Waals surface area contributed by atoms with E-state index in [2.05, 4.69) is 31.4 Å². The lowest BCUT2D eigenvalue weighted by atomic mass is 10.0. The molecule has 1 aliphatic rings. The Morgan fingerprint density at radius 1 is 1.30 bits per heavy atom. The van der Waals surface area contributed by atoms with Crippen molar-refractivity contribution in [2.24, 2.45) is 10.2 Å². The van der Waals surface area contributed by atoms with Crippen LogP contribution in [0.25, 0.3) is 5.69 Å². The molecule has 0 aromatic carbocycles. The predicted molar refractivity (Wildman–Crippen MR) is 84.9 cm³/mol. The Bertz CT molecular complexity index is 753. The quantitative estimate of drug-likeness (QED) is 0.798. The summed E-state index contributed by atoms with van der Waals surface area (Å²) in [6.45, 7) is 0. The summed E-state index contributed by atoms with van der Waals surface area (Å²) in [5, 5.41) is 10.9. The summed E-state index contributed by atoms with van der Waals surface area (Å²) >= 11 is 0. The summed E-state index contributed by atoms with van der Waals surface area (Å²) in [4.78, 5) is 20.3. The van der Waals surface area contributed by atoms with Gasteiger partial charge in [0.05, 0.1) is 23.9 Å². The maximum Gasteiger partial charge on any atom is 0.224 e. The molecule has 3 heterocycles. The van der Waals surface area contributed by atoms with Gasteiger partial charge in [0, 0.05) is 44.3 Å². The van der Waals surface area contributed by atoms with E-state index in [0.717, 1.165) is 5.69 Å². The first-order valence-corrected chi connectivity index (χ1v) is 7.32. The number of carbonyl (C=O) groups is 1. The van der Waals surface area contributed by atoms with E-state index in [1.807, 2.05) is 16.8 Å². The zero-order valence-electron chi connectivity index (χ0n) is 12.5. The monoisotopic (exact) mass is 308 g/mol. The van der Waals surface area contributed by atoms with Crippen molar-refractivity contribution in [3.63, 3.8) is 0 Å². The number of nitrogens with one attached hydrogen (secondary N) is 1. The first-order chi connectivity index (χ1) is 11.2. The van der Waals surface area contributed by atoms with E-state index >= 15 is 0 Å². The molecule has 0 saturated carbocycles. The van der Waals surface area contributed by atoms with Gasteiger partial charge in [-0.25, -0.2) is 4.98 Å². The lowest BCUT2D eigenvalue weighted by Crippen LogP contribution is -2.18. The number of pyridine rings is 1. The van der Waals surface area contributed by atoms with Gasteiger partial charge in [0.25, 0.3) is 0 Å². The molecule has 1 aliphatic heterocycles. The van der Waals surface area contributed by atoms with Crippen molar-refractivity contribution in [1.29, 1.82) is 0 Å². The Morgan fingerprint density at radius 3 is 2.87 bits per heavy atom. The van der Waals surface area contributed by atoms with Crippen molar-refractivity contribution >= 4 is 11.6 Å². The molecule has 2 aromatic heterocycles. The summed E-state index contributed by atoms with van der Waals surface area (Å²) in [7, 11) is 0. The predicted octanol–water partition coefficient (Wildman–Crippen LogP) is 2.56. The van der Waals surface area contributed by atoms with Crippen molar-refractivity contribution in [3.8, 4) is 18.0 Å². The lowest BCUT2D eigenvalue weighted by molar-refractivity contribution is -0.116. The van der Waals surface area contributed by atoms with Gasteiger partial charge in [-0.2, -0.15) is 10.2 Å². The van der Waals surface area contributed by atoms with E-state index in [-0.39, 0.29) is 5.91 Å². The Labute approximate surface area is 133 Å². The van der Waals surface area contributed by atoms with Gasteiger partial charge >= 0.3 is 0 Å². The molecule has 0 radical (unpaired) electrons. The second kappa shape index (κ2) is 6.40. The Morgan fingerprint density at radius 2 is 2.17 bits per heavy atom. The second-order valence-electron chi connectivity index (χ2n) is 5.30. The molecular weight excluding hydrogens is 292 g/mol. The van der Waals surface area contributed by atoms with Gasteiger partial charge in [0.2, 0.25) is 5.91 Å². The number of aromatic nitrogens is 3. The smallest absolute Gasteiger partial charge is 0.224 e. The number of imidazole rings is 1. The van der Waals surface area contributed by atoms with Crippen molar-refractivity contribution in [2.75, 3.05) is 5.32 Å². The molecule has 0 unspecified atom stereocenters. The molecule has 0 spiro atoms. The van der Waals surface area contributed by atoms with Crippen LogP contribution in [-0.4, -0.2) is 26.1 Å². The molecule has 7 nitrogen and oxygen atoms in total. The molecule has 0 saturated heterocycles. The van der Waals surface area contributed by atoms with Crippen LogP contribution in [0.15, 0.2) is 47.4 Å². The summed E-state index contributed by atoms with van der Waals surface area (Å²) in [5.41, 5.74) is 1.01. The van der Waals surface area contributed by atoms with Gasteiger partial charge in [-0.05, 0) is 6.07 Å². The fraction of sp³-hybridized carbons (Fsp3) is 0.312. The minimum atomic E-state index is -0.439. The number of hydrogen-bond acceptors (Lipinski definition) is 5. The van der Waals surface area contributed by atoms with Crippen LogP contribution < -0.4 is 5.32 Å². The minimum absolute atomic E-state index is 0.100. The van der Waals surface area contributed by atoms with Gasteiger partial charge in [0.15, 0.2) is 5.66 Å². The Hall–Kier alpha value is -3.01. The number of terminal acetylenes is 1. The van der Waals surface area contributed by atoms with Crippen LogP contribution in [0.1, 0.15) is 25.7 Å². The number of anilines is 1. The first kappa shape index (κ1) is 14.9. The van der Waals surface area contributed by atoms with E-state index in [4.69, 9.17) is 6.42 Å². The third-order valence-corrected chi connectivity index (χ3v) is 3.66. The molecular formula is C16H16N6O. The summed E-state index contributed by atoms with van der Waals surface area (Å²) in [6.07, 6.45) is 15.9. The number of amides is 1. The van der Waals surface area contributed by atoms with Gasteiger partial charge in [-0.3, -0.25) is 9.78 Å². The third kappa shape index (κ3) is 3.61. The maximum absolute atomic E-state index is 12.2. The molecule has 2 aromatic rings. The van der Waals surface area contributed by atoms with E-state index in [0.29, 0.717) is 31.4 Å². The summed E-state index contributed by atoms with van der Waals surface area (Å²) < 4.78 is 1.82. The van der Waals surface area contributed by atoms with Crippen LogP contribution in [0, 0.1) is 12.3 Å². The highest BCUT2D eigenvalue weighted by Crippen LogP contribution is 2.37. The van der Waals surface area contributed by atoms with Gasteiger partial charge in [0.1, 0.15) is 0 Å². The standard InChI is InChI=1S/C16H16N6O/c1-2-3-6-16(20-21-16)7-4-15(23)19-13-11-17-8-5-14(13)22-10-9-18-12-22/h1,5,8-12H,3-4,6-7H2,(H,19,23). The normalized spacial score (nSPS) is 14.2. The van der Waals surface area contributed by atoms with Crippen LogP contribution in [-0.2, 0) is 4.79 Å². The van der Waals surface area contributed by atoms with E-state index in [1.54, 1.807) is 24.9 Å². The average molecular weight is 308 g/mol. The van der Waals surface area contributed by atoms with Crippen LogP contribution >= 0.6 is 0 Å². The molecule has 0 aliphatic carbocycles. The maximum atomic E-state index is 12.2. The number of carbonyl (C=O) groups excluding carboxylic acids is 1. The van der Waals surface area contributed by atoms with Gasteiger partial charge in [-0.1, -0.05) is 0 Å². The van der Waals surface area contributed by atoms with E-state index in [1.165, 1.54) is 0 Å². The fourth-order valence-electron chi connectivity index (χ4n) is 2.30. The van der Waals surface area contributed by atoms with Crippen LogP contribution in [0.4, 0.5) is 5.69 Å². The van der Waals surface area contributed by atoms with E-state index in [9.17, 15) is 4.79 Å². The minimum Gasteiger partial charge on any atom is -0.323 e. The molecule has 0 atom stereocenters. The van der Waals surface area contributed by atoms with Crippen LogP contribution in [0.5, 0.6) is 0 Å². The zero-order chi connectivity index (χ0) is 16.1. The van der Waals surface area contributed by atoms with Gasteiger partial charge in [-0.15, -0.1) is 12.3 Å². The van der Waals surface area contributed by atoms with Crippen molar-refractivity contribution in [1.82, 2.24) is 14.5 Å². The molecule has 3 rings (SSSR count). The highest BCUT2D eigenvalue weighted by atomic mass is 16.1. The van der Waals surface area contributed by atoms with Crippen molar-refractivity contribution in [3.05, 3.63) is 37.2 Å².